The van der Waals surface area contributed by atoms with Gasteiger partial charge in [0.05, 0.1) is 17.6 Å². The maximum absolute atomic E-state index is 5.31. The van der Waals surface area contributed by atoms with Crippen LogP contribution >= 0.6 is 27.3 Å². The van der Waals surface area contributed by atoms with Gasteiger partial charge in [0.25, 0.3) is 0 Å². The minimum atomic E-state index is 0.238. The molecule has 0 aliphatic heterocycles. The molecule has 0 spiro atoms. The molecule has 2 aromatic rings. The number of thiophene rings is 1. The van der Waals surface area contributed by atoms with E-state index in [1.165, 1.54) is 16.0 Å². The van der Waals surface area contributed by atoms with Crippen molar-refractivity contribution in [1.29, 1.82) is 0 Å². The standard InChI is InChI=1S/C16H20BrNOS/c1-4-7-18-16(13-8-11(2)20-10-13)12-5-6-15(19-3)14(17)9-12/h5-6,8-10,16,18H,4,7H2,1-3H3. The second-order valence-electron chi connectivity index (χ2n) is 4.77. The van der Waals surface area contributed by atoms with Crippen LogP contribution in [0.5, 0.6) is 5.75 Å². The molecule has 1 atom stereocenters. The van der Waals surface area contributed by atoms with Crippen LogP contribution in [0.25, 0.3) is 0 Å². The first-order valence-corrected chi connectivity index (χ1v) is 8.44. The number of nitrogens with one attached hydrogen (secondary N) is 1. The van der Waals surface area contributed by atoms with Crippen LogP contribution in [0.4, 0.5) is 0 Å². The van der Waals surface area contributed by atoms with Crippen molar-refractivity contribution in [3.63, 3.8) is 0 Å². The lowest BCUT2D eigenvalue weighted by atomic mass is 10.0. The van der Waals surface area contributed by atoms with Crippen molar-refractivity contribution in [3.8, 4) is 5.75 Å². The van der Waals surface area contributed by atoms with E-state index in [2.05, 4.69) is 58.7 Å². The van der Waals surface area contributed by atoms with Gasteiger partial charge in [-0.1, -0.05) is 13.0 Å². The van der Waals surface area contributed by atoms with E-state index >= 15 is 0 Å². The van der Waals surface area contributed by atoms with E-state index in [1.54, 1.807) is 18.4 Å². The van der Waals surface area contributed by atoms with Crippen molar-refractivity contribution >= 4 is 27.3 Å². The Morgan fingerprint density at radius 1 is 1.30 bits per heavy atom. The average molecular weight is 354 g/mol. The molecule has 0 aliphatic carbocycles. The smallest absolute Gasteiger partial charge is 0.133 e. The summed E-state index contributed by atoms with van der Waals surface area (Å²) in [5, 5.41) is 5.86. The van der Waals surface area contributed by atoms with Crippen molar-refractivity contribution in [2.75, 3.05) is 13.7 Å². The lowest BCUT2D eigenvalue weighted by Gasteiger charge is -2.19. The molecular weight excluding hydrogens is 334 g/mol. The highest BCUT2D eigenvalue weighted by Gasteiger charge is 2.16. The number of halogens is 1. The maximum Gasteiger partial charge on any atom is 0.133 e. The van der Waals surface area contributed by atoms with Crippen LogP contribution in [0.3, 0.4) is 0 Å². The predicted molar refractivity (Wildman–Crippen MR) is 89.9 cm³/mol. The molecule has 20 heavy (non-hydrogen) atoms. The summed E-state index contributed by atoms with van der Waals surface area (Å²) in [4.78, 5) is 1.34. The van der Waals surface area contributed by atoms with E-state index in [-0.39, 0.29) is 6.04 Å². The molecule has 1 heterocycles. The molecule has 0 fully saturated rings. The Bertz CT molecular complexity index is 567. The second-order valence-corrected chi connectivity index (χ2v) is 6.74. The van der Waals surface area contributed by atoms with Crippen molar-refractivity contribution in [2.24, 2.45) is 0 Å². The van der Waals surface area contributed by atoms with Crippen molar-refractivity contribution in [2.45, 2.75) is 26.3 Å². The SMILES string of the molecule is CCCNC(c1csc(C)c1)c1ccc(OC)c(Br)c1. The zero-order valence-electron chi connectivity index (χ0n) is 12.1. The quantitative estimate of drug-likeness (QED) is 0.795. The molecule has 0 saturated heterocycles. The molecule has 108 valence electrons. The molecule has 0 aliphatic rings. The maximum atomic E-state index is 5.31. The van der Waals surface area contributed by atoms with Crippen molar-refractivity contribution < 1.29 is 4.74 Å². The van der Waals surface area contributed by atoms with Crippen LogP contribution in [-0.4, -0.2) is 13.7 Å². The van der Waals surface area contributed by atoms with E-state index < -0.39 is 0 Å². The van der Waals surface area contributed by atoms with Gasteiger partial charge in [-0.15, -0.1) is 11.3 Å². The highest BCUT2D eigenvalue weighted by Crippen LogP contribution is 2.32. The highest BCUT2D eigenvalue weighted by atomic mass is 79.9. The Hall–Kier alpha value is -0.840. The zero-order valence-corrected chi connectivity index (χ0v) is 14.5. The fourth-order valence-electron chi connectivity index (χ4n) is 2.19. The van der Waals surface area contributed by atoms with Gasteiger partial charge in [0.15, 0.2) is 0 Å². The molecule has 1 N–H and O–H groups in total. The van der Waals surface area contributed by atoms with Gasteiger partial charge < -0.3 is 10.1 Å². The summed E-state index contributed by atoms with van der Waals surface area (Å²) in [5.74, 6) is 0.865. The van der Waals surface area contributed by atoms with Crippen LogP contribution in [0.15, 0.2) is 34.1 Å². The number of methoxy groups -OCH3 is 1. The molecule has 1 aromatic carbocycles. The number of rotatable bonds is 6. The van der Waals surface area contributed by atoms with Crippen molar-refractivity contribution in [3.05, 3.63) is 50.1 Å². The minimum absolute atomic E-state index is 0.238. The predicted octanol–water partition coefficient (Wildman–Crippen LogP) is 4.92. The third kappa shape index (κ3) is 3.62. The number of hydrogen-bond donors (Lipinski definition) is 1. The minimum Gasteiger partial charge on any atom is -0.496 e. The van der Waals surface area contributed by atoms with Gasteiger partial charge in [0.2, 0.25) is 0 Å². The molecular formula is C16H20BrNOS. The molecule has 2 rings (SSSR count). The van der Waals surface area contributed by atoms with Crippen LogP contribution in [0.1, 0.15) is 35.4 Å². The number of ether oxygens (including phenoxy) is 1. The second kappa shape index (κ2) is 7.25. The molecule has 0 amide bonds. The fraction of sp³-hybridized carbons (Fsp3) is 0.375. The molecule has 0 bridgehead atoms. The van der Waals surface area contributed by atoms with E-state index in [0.29, 0.717) is 0 Å². The summed E-state index contributed by atoms with van der Waals surface area (Å²) >= 11 is 5.37. The highest BCUT2D eigenvalue weighted by molar-refractivity contribution is 9.10. The molecule has 2 nitrogen and oxygen atoms in total. The summed E-state index contributed by atoms with van der Waals surface area (Å²) in [6.45, 7) is 5.34. The topological polar surface area (TPSA) is 21.3 Å². The van der Waals surface area contributed by atoms with Crippen molar-refractivity contribution in [1.82, 2.24) is 5.32 Å². The summed E-state index contributed by atoms with van der Waals surface area (Å²) in [6.07, 6.45) is 1.12. The van der Waals surface area contributed by atoms with Crippen LogP contribution < -0.4 is 10.1 Å². The fourth-order valence-corrected chi connectivity index (χ4v) is 3.48. The lowest BCUT2D eigenvalue weighted by molar-refractivity contribution is 0.411. The van der Waals surface area contributed by atoms with Gasteiger partial charge in [-0.05, 0) is 70.5 Å². The van der Waals surface area contributed by atoms with E-state index in [1.807, 2.05) is 6.07 Å². The van der Waals surface area contributed by atoms with Gasteiger partial charge in [-0.25, -0.2) is 0 Å². The molecule has 1 aromatic heterocycles. The first-order chi connectivity index (χ1) is 9.65. The summed E-state index contributed by atoms with van der Waals surface area (Å²) in [6, 6.07) is 8.78. The Morgan fingerprint density at radius 3 is 2.65 bits per heavy atom. The van der Waals surface area contributed by atoms with E-state index in [4.69, 9.17) is 4.74 Å². The number of benzene rings is 1. The molecule has 4 heteroatoms. The largest absolute Gasteiger partial charge is 0.496 e. The average Bonchev–Trinajstić information content (AvgIpc) is 2.86. The van der Waals surface area contributed by atoms with Crippen LogP contribution in [0, 0.1) is 6.92 Å². The Labute approximate surface area is 133 Å². The van der Waals surface area contributed by atoms with E-state index in [0.717, 1.165) is 23.2 Å². The normalized spacial score (nSPS) is 12.4. The van der Waals surface area contributed by atoms with Gasteiger partial charge in [-0.2, -0.15) is 0 Å². The first kappa shape index (κ1) is 15.5. The molecule has 0 saturated carbocycles. The first-order valence-electron chi connectivity index (χ1n) is 6.77. The van der Waals surface area contributed by atoms with Gasteiger partial charge in [-0.3, -0.25) is 0 Å². The molecule has 1 unspecified atom stereocenters. The third-order valence-corrected chi connectivity index (χ3v) is 4.69. The van der Waals surface area contributed by atoms with Gasteiger partial charge >= 0.3 is 0 Å². The summed E-state index contributed by atoms with van der Waals surface area (Å²) in [5.41, 5.74) is 2.59. The number of aryl methyl sites for hydroxylation is 1. The van der Waals surface area contributed by atoms with Crippen LogP contribution in [0.2, 0.25) is 0 Å². The Balaban J connectivity index is 2.33. The van der Waals surface area contributed by atoms with Gasteiger partial charge in [0, 0.05) is 4.88 Å². The third-order valence-electron chi connectivity index (χ3n) is 3.19. The summed E-state index contributed by atoms with van der Waals surface area (Å²) in [7, 11) is 1.69. The lowest BCUT2D eigenvalue weighted by Crippen LogP contribution is -2.22. The Morgan fingerprint density at radius 2 is 2.10 bits per heavy atom. The van der Waals surface area contributed by atoms with Gasteiger partial charge in [0.1, 0.15) is 5.75 Å². The summed E-state index contributed by atoms with van der Waals surface area (Å²) < 4.78 is 6.30. The monoisotopic (exact) mass is 353 g/mol. The molecule has 0 radical (unpaired) electrons. The van der Waals surface area contributed by atoms with E-state index in [9.17, 15) is 0 Å². The number of hydrogen-bond acceptors (Lipinski definition) is 3. The zero-order chi connectivity index (χ0) is 14.5. The van der Waals surface area contributed by atoms with Crippen LogP contribution in [-0.2, 0) is 0 Å². The Kier molecular flexibility index (Phi) is 5.64.